The zero-order valence-corrected chi connectivity index (χ0v) is 17.9. The Labute approximate surface area is 158 Å². The minimum Gasteiger partial charge on any atom is -0.355 e. The summed E-state index contributed by atoms with van der Waals surface area (Å²) in [7, 11) is -1.25. The molecule has 1 aliphatic heterocycles. The summed E-state index contributed by atoms with van der Waals surface area (Å²) in [5, 5.41) is 3.39. The molecule has 2 fully saturated rings. The molecule has 0 amide bonds. The van der Waals surface area contributed by atoms with E-state index in [-0.39, 0.29) is 29.7 Å². The van der Waals surface area contributed by atoms with Crippen LogP contribution in [0.2, 0.25) is 0 Å². The van der Waals surface area contributed by atoms with Crippen molar-refractivity contribution in [1.82, 2.24) is 15.1 Å². The highest BCUT2D eigenvalue weighted by molar-refractivity contribution is 14.0. The molecule has 0 aromatic carbocycles. The maximum Gasteiger partial charge on any atom is 0.193 e. The van der Waals surface area contributed by atoms with Gasteiger partial charge in [-0.05, 0) is 33.2 Å². The summed E-state index contributed by atoms with van der Waals surface area (Å²) >= 11 is 0. The van der Waals surface area contributed by atoms with Gasteiger partial charge < -0.3 is 10.2 Å². The second-order valence-electron chi connectivity index (χ2n) is 6.83. The molecular formula is C15H31IN4O2S. The Morgan fingerprint density at radius 1 is 1.39 bits per heavy atom. The highest BCUT2D eigenvalue weighted by Gasteiger charge is 2.41. The minimum atomic E-state index is -3.01. The number of nitrogens with one attached hydrogen (secondary N) is 1. The van der Waals surface area contributed by atoms with Gasteiger partial charge in [0.25, 0.3) is 0 Å². The van der Waals surface area contributed by atoms with Crippen LogP contribution in [0.1, 0.15) is 33.6 Å². The Bertz CT molecular complexity index is 518. The highest BCUT2D eigenvalue weighted by Crippen LogP contribution is 2.26. The number of rotatable bonds is 5. The fourth-order valence-corrected chi connectivity index (χ4v) is 4.37. The van der Waals surface area contributed by atoms with E-state index in [1.165, 1.54) is 12.8 Å². The van der Waals surface area contributed by atoms with Gasteiger partial charge in [0.1, 0.15) is 0 Å². The molecule has 136 valence electrons. The highest BCUT2D eigenvalue weighted by atomic mass is 127. The summed E-state index contributed by atoms with van der Waals surface area (Å²) < 4.78 is 23.5. The van der Waals surface area contributed by atoms with E-state index in [1.807, 2.05) is 0 Å². The Morgan fingerprint density at radius 2 is 2.04 bits per heavy atom. The third-order valence-electron chi connectivity index (χ3n) is 4.71. The van der Waals surface area contributed by atoms with Gasteiger partial charge in [-0.1, -0.05) is 6.92 Å². The van der Waals surface area contributed by atoms with E-state index in [0.717, 1.165) is 31.6 Å². The Morgan fingerprint density at radius 3 is 2.52 bits per heavy atom. The molecule has 1 saturated carbocycles. The normalized spacial score (nSPS) is 23.5. The zero-order chi connectivity index (χ0) is 16.4. The topological polar surface area (TPSA) is 65.0 Å². The Hall–Kier alpha value is -0.0900. The summed E-state index contributed by atoms with van der Waals surface area (Å²) in [6, 6.07) is 0.771. The first-order valence-electron chi connectivity index (χ1n) is 8.22. The van der Waals surface area contributed by atoms with Gasteiger partial charge >= 0.3 is 0 Å². The summed E-state index contributed by atoms with van der Waals surface area (Å²) in [5.41, 5.74) is 0. The maximum atomic E-state index is 12.1. The molecule has 2 aliphatic rings. The first kappa shape index (κ1) is 21.0. The van der Waals surface area contributed by atoms with Gasteiger partial charge in [0.05, 0.1) is 10.5 Å². The van der Waals surface area contributed by atoms with E-state index < -0.39 is 14.6 Å². The van der Waals surface area contributed by atoms with E-state index in [2.05, 4.69) is 27.0 Å². The lowest BCUT2D eigenvalue weighted by atomic mass is 10.2. The molecule has 23 heavy (non-hydrogen) atoms. The Balaban J connectivity index is 0.00000264. The monoisotopic (exact) mass is 458 g/mol. The molecule has 0 aromatic rings. The van der Waals surface area contributed by atoms with Crippen molar-refractivity contribution >= 4 is 39.8 Å². The van der Waals surface area contributed by atoms with Gasteiger partial charge in [0, 0.05) is 39.3 Å². The summed E-state index contributed by atoms with van der Waals surface area (Å²) in [5.74, 6) is 1.01. The molecule has 0 atom stereocenters. The van der Waals surface area contributed by atoms with Crippen molar-refractivity contribution in [3.05, 3.63) is 0 Å². The molecule has 0 radical (unpaired) electrons. The van der Waals surface area contributed by atoms with Crippen LogP contribution in [0.15, 0.2) is 4.99 Å². The van der Waals surface area contributed by atoms with Gasteiger partial charge in [-0.25, -0.2) is 8.42 Å². The van der Waals surface area contributed by atoms with Gasteiger partial charge in [0.15, 0.2) is 15.8 Å². The number of sulfone groups is 1. The van der Waals surface area contributed by atoms with Crippen LogP contribution in [0.3, 0.4) is 0 Å². The molecule has 6 nitrogen and oxygen atoms in total. The second kappa shape index (κ2) is 8.33. The molecule has 1 aliphatic carbocycles. The third kappa shape index (κ3) is 5.19. The van der Waals surface area contributed by atoms with Crippen molar-refractivity contribution in [2.24, 2.45) is 4.99 Å². The number of halogens is 1. The van der Waals surface area contributed by atoms with E-state index in [1.54, 1.807) is 20.9 Å². The number of guanidine groups is 1. The fourth-order valence-electron chi connectivity index (χ4n) is 3.01. The van der Waals surface area contributed by atoms with Crippen molar-refractivity contribution in [1.29, 1.82) is 0 Å². The van der Waals surface area contributed by atoms with Crippen LogP contribution in [0, 0.1) is 0 Å². The molecular weight excluding hydrogens is 427 g/mol. The molecule has 1 heterocycles. The van der Waals surface area contributed by atoms with Crippen LogP contribution in [0.4, 0.5) is 0 Å². The maximum absolute atomic E-state index is 12.1. The van der Waals surface area contributed by atoms with E-state index in [4.69, 9.17) is 0 Å². The van der Waals surface area contributed by atoms with Gasteiger partial charge in [-0.15, -0.1) is 24.0 Å². The smallest absolute Gasteiger partial charge is 0.193 e. The van der Waals surface area contributed by atoms with Crippen LogP contribution in [-0.2, 0) is 9.84 Å². The van der Waals surface area contributed by atoms with Gasteiger partial charge in [-0.2, -0.15) is 0 Å². The van der Waals surface area contributed by atoms with Crippen LogP contribution in [0.5, 0.6) is 0 Å². The van der Waals surface area contributed by atoms with Gasteiger partial charge in [0.2, 0.25) is 0 Å². The van der Waals surface area contributed by atoms with Crippen LogP contribution in [-0.4, -0.2) is 80.5 Å². The molecule has 8 heteroatoms. The number of likely N-dealkylation sites (N-methyl/N-ethyl adjacent to an activating group) is 1. The summed E-state index contributed by atoms with van der Waals surface area (Å²) in [4.78, 5) is 8.88. The van der Waals surface area contributed by atoms with Gasteiger partial charge in [-0.3, -0.25) is 9.89 Å². The lowest BCUT2D eigenvalue weighted by Crippen LogP contribution is -2.57. The van der Waals surface area contributed by atoms with E-state index in [0.29, 0.717) is 13.1 Å². The van der Waals surface area contributed by atoms with Crippen LogP contribution >= 0.6 is 24.0 Å². The molecule has 0 bridgehead atoms. The van der Waals surface area contributed by atoms with Crippen molar-refractivity contribution < 1.29 is 8.42 Å². The first-order chi connectivity index (χ1) is 10.3. The number of hydrogen-bond donors (Lipinski definition) is 1. The molecule has 0 spiro atoms. The lowest BCUT2D eigenvalue weighted by molar-refractivity contribution is 0.279. The van der Waals surface area contributed by atoms with Crippen molar-refractivity contribution in [3.8, 4) is 0 Å². The molecule has 0 aromatic heterocycles. The number of aliphatic imine (C=N–C) groups is 1. The molecule has 0 unspecified atom stereocenters. The standard InChI is InChI=1S/C15H30N4O2S.HI/c1-5-18(13-6-7-13)9-8-17-14(16-4)19-10-11-22(20,21)15(2,3)12-19;/h13H,5-12H2,1-4H3,(H,16,17);1H. The van der Waals surface area contributed by atoms with Crippen molar-refractivity contribution in [3.63, 3.8) is 0 Å². The lowest BCUT2D eigenvalue weighted by Gasteiger charge is -2.39. The predicted octanol–water partition coefficient (Wildman–Crippen LogP) is 1.17. The predicted molar refractivity (Wildman–Crippen MR) is 106 cm³/mol. The van der Waals surface area contributed by atoms with Crippen LogP contribution < -0.4 is 5.32 Å². The quantitative estimate of drug-likeness (QED) is 0.381. The number of hydrogen-bond acceptors (Lipinski definition) is 4. The third-order valence-corrected chi connectivity index (χ3v) is 7.24. The summed E-state index contributed by atoms with van der Waals surface area (Å²) in [6.07, 6.45) is 2.64. The van der Waals surface area contributed by atoms with E-state index in [9.17, 15) is 8.42 Å². The Kier molecular flexibility index (Phi) is 7.59. The average molecular weight is 458 g/mol. The minimum absolute atomic E-state index is 0. The molecule has 1 saturated heterocycles. The zero-order valence-electron chi connectivity index (χ0n) is 14.7. The molecule has 1 N–H and O–H groups in total. The summed E-state index contributed by atoms with van der Waals surface area (Å²) in [6.45, 7) is 9.75. The first-order valence-corrected chi connectivity index (χ1v) is 9.88. The average Bonchev–Trinajstić information content (AvgIpc) is 3.27. The SMILES string of the molecule is CCN(CCNC(=NC)N1CCS(=O)(=O)C(C)(C)C1)C1CC1.I. The second-order valence-corrected chi connectivity index (χ2v) is 9.58. The van der Waals surface area contributed by atoms with Crippen molar-refractivity contribution in [2.75, 3.05) is 45.5 Å². The largest absolute Gasteiger partial charge is 0.355 e. The van der Waals surface area contributed by atoms with E-state index >= 15 is 0 Å². The van der Waals surface area contributed by atoms with Crippen LogP contribution in [0.25, 0.3) is 0 Å². The molecule has 2 rings (SSSR count). The number of nitrogens with zero attached hydrogens (tertiary/aromatic N) is 3. The van der Waals surface area contributed by atoms with Crippen molar-refractivity contribution in [2.45, 2.75) is 44.4 Å². The fraction of sp³-hybridized carbons (Fsp3) is 0.933.